The quantitative estimate of drug-likeness (QED) is 0.174. The number of hydrogen-bond acceptors (Lipinski definition) is 3. The molecule has 1 aromatic heterocycles. The molecule has 0 unspecified atom stereocenters. The van der Waals surface area contributed by atoms with E-state index in [1.165, 1.54) is 22.3 Å². The maximum Gasteiger partial charge on any atom is 0.143 e. The minimum atomic E-state index is -0.149. The van der Waals surface area contributed by atoms with Crippen molar-refractivity contribution < 1.29 is 9.15 Å². The van der Waals surface area contributed by atoms with Crippen molar-refractivity contribution in [2.75, 3.05) is 4.90 Å². The van der Waals surface area contributed by atoms with Crippen molar-refractivity contribution >= 4 is 39.0 Å². The second-order valence-corrected chi connectivity index (χ2v) is 16.4. The standard InChI is InChI=1S/C57H39NO2/c1-57(2)50-23-10-8-17-44(50)45-32-30-39(34-51(45)57)58(38-28-26-37(27-29-38)42-21-12-22-49-46-18-9-11-24-52(46)60-56(42)49)40-31-33-47-43-16-6-7-19-48(43)55-41(36-14-4-3-5-15-36)20-13-25-53(55)59-54(47)35-40/h3-35H,1-2H3. The van der Waals surface area contributed by atoms with Crippen LogP contribution in [0.25, 0.3) is 77.6 Å². The van der Waals surface area contributed by atoms with E-state index in [1.54, 1.807) is 0 Å². The number of rotatable bonds is 5. The molecule has 0 saturated carbocycles. The second kappa shape index (κ2) is 13.2. The summed E-state index contributed by atoms with van der Waals surface area (Å²) in [6.45, 7) is 4.68. The molecule has 10 aromatic rings. The minimum absolute atomic E-state index is 0.149. The smallest absolute Gasteiger partial charge is 0.143 e. The summed E-state index contributed by atoms with van der Waals surface area (Å²) in [5.41, 5.74) is 19.0. The largest absolute Gasteiger partial charge is 0.456 e. The number of benzene rings is 9. The monoisotopic (exact) mass is 769 g/mol. The van der Waals surface area contributed by atoms with Crippen molar-refractivity contribution in [2.45, 2.75) is 19.3 Å². The van der Waals surface area contributed by atoms with Crippen LogP contribution < -0.4 is 9.64 Å². The Hall–Kier alpha value is -7.62. The summed E-state index contributed by atoms with van der Waals surface area (Å²) in [6.07, 6.45) is 0. The summed E-state index contributed by atoms with van der Waals surface area (Å²) < 4.78 is 13.5. The van der Waals surface area contributed by atoms with Crippen LogP contribution in [0.15, 0.2) is 205 Å². The number of ether oxygens (including phenoxy) is 1. The molecule has 3 nitrogen and oxygen atoms in total. The maximum absolute atomic E-state index is 7.06. The van der Waals surface area contributed by atoms with Gasteiger partial charge >= 0.3 is 0 Å². The van der Waals surface area contributed by atoms with Gasteiger partial charge in [-0.05, 0) is 98.6 Å². The van der Waals surface area contributed by atoms with Crippen LogP contribution in [0.3, 0.4) is 0 Å². The number of nitrogens with zero attached hydrogens (tertiary/aromatic N) is 1. The van der Waals surface area contributed by atoms with E-state index in [0.29, 0.717) is 0 Å². The molecule has 60 heavy (non-hydrogen) atoms. The lowest BCUT2D eigenvalue weighted by atomic mass is 9.82. The van der Waals surface area contributed by atoms with Crippen molar-refractivity contribution in [3.8, 4) is 67.1 Å². The summed E-state index contributed by atoms with van der Waals surface area (Å²) in [5, 5.41) is 2.25. The Morgan fingerprint density at radius 3 is 1.83 bits per heavy atom. The van der Waals surface area contributed by atoms with E-state index in [1.807, 2.05) is 12.1 Å². The first-order valence-electron chi connectivity index (χ1n) is 20.7. The Kier molecular flexibility index (Phi) is 7.58. The van der Waals surface area contributed by atoms with Gasteiger partial charge in [-0.25, -0.2) is 0 Å². The first-order chi connectivity index (χ1) is 29.5. The lowest BCUT2D eigenvalue weighted by Gasteiger charge is -2.29. The Bertz CT molecular complexity index is 3320. The molecule has 0 saturated heterocycles. The van der Waals surface area contributed by atoms with Gasteiger partial charge < -0.3 is 14.1 Å². The molecule has 0 atom stereocenters. The molecular formula is C57H39NO2. The Labute approximate surface area is 349 Å². The highest BCUT2D eigenvalue weighted by Crippen LogP contribution is 2.53. The van der Waals surface area contributed by atoms with Crippen LogP contribution in [0.1, 0.15) is 25.0 Å². The van der Waals surface area contributed by atoms with Crippen LogP contribution in [0.2, 0.25) is 0 Å². The van der Waals surface area contributed by atoms with Gasteiger partial charge in [0.25, 0.3) is 0 Å². The van der Waals surface area contributed by atoms with Crippen LogP contribution in [0, 0.1) is 0 Å². The molecule has 2 aliphatic rings. The van der Waals surface area contributed by atoms with E-state index >= 15 is 0 Å². The fraction of sp³-hybridized carbons (Fsp3) is 0.0526. The zero-order valence-electron chi connectivity index (χ0n) is 33.3. The molecule has 0 fully saturated rings. The van der Waals surface area contributed by atoms with Gasteiger partial charge in [0.1, 0.15) is 22.7 Å². The van der Waals surface area contributed by atoms with Gasteiger partial charge in [-0.1, -0.05) is 159 Å². The molecule has 0 bridgehead atoms. The van der Waals surface area contributed by atoms with Crippen molar-refractivity contribution in [3.05, 3.63) is 211 Å². The number of hydrogen-bond donors (Lipinski definition) is 0. The Morgan fingerprint density at radius 2 is 0.983 bits per heavy atom. The van der Waals surface area contributed by atoms with E-state index < -0.39 is 0 Å². The Balaban J connectivity index is 1.02. The number of para-hydroxylation sites is 2. The van der Waals surface area contributed by atoms with Gasteiger partial charge in [-0.3, -0.25) is 0 Å². The van der Waals surface area contributed by atoms with Crippen LogP contribution in [-0.2, 0) is 5.41 Å². The summed E-state index contributed by atoms with van der Waals surface area (Å²) >= 11 is 0. The topological polar surface area (TPSA) is 25.6 Å². The van der Waals surface area contributed by atoms with Gasteiger partial charge in [-0.2, -0.15) is 0 Å². The normalized spacial score (nSPS) is 13.1. The molecule has 1 aliphatic heterocycles. The number of furan rings is 1. The van der Waals surface area contributed by atoms with Crippen LogP contribution in [0.4, 0.5) is 17.1 Å². The van der Waals surface area contributed by atoms with E-state index in [4.69, 9.17) is 9.15 Å². The molecule has 0 radical (unpaired) electrons. The highest BCUT2D eigenvalue weighted by Gasteiger charge is 2.36. The average molecular weight is 770 g/mol. The van der Waals surface area contributed by atoms with E-state index in [0.717, 1.165) is 95.0 Å². The van der Waals surface area contributed by atoms with Gasteiger partial charge in [0.15, 0.2) is 0 Å². The molecule has 2 heterocycles. The van der Waals surface area contributed by atoms with Crippen molar-refractivity contribution in [1.82, 2.24) is 0 Å². The molecule has 284 valence electrons. The van der Waals surface area contributed by atoms with Crippen molar-refractivity contribution in [2.24, 2.45) is 0 Å². The van der Waals surface area contributed by atoms with E-state index in [9.17, 15) is 0 Å². The van der Waals surface area contributed by atoms with Gasteiger partial charge in [-0.15, -0.1) is 0 Å². The molecule has 0 N–H and O–H groups in total. The van der Waals surface area contributed by atoms with Gasteiger partial charge in [0, 0.05) is 56.0 Å². The van der Waals surface area contributed by atoms with E-state index in [2.05, 4.69) is 207 Å². The highest BCUT2D eigenvalue weighted by atomic mass is 16.5. The molecule has 1 aliphatic carbocycles. The highest BCUT2D eigenvalue weighted by molar-refractivity contribution is 6.09. The molecular weight excluding hydrogens is 731 g/mol. The molecule has 9 aromatic carbocycles. The molecule has 12 rings (SSSR count). The fourth-order valence-corrected chi connectivity index (χ4v) is 9.81. The summed E-state index contributed by atoms with van der Waals surface area (Å²) in [5.74, 6) is 1.66. The maximum atomic E-state index is 7.06. The fourth-order valence-electron chi connectivity index (χ4n) is 9.81. The second-order valence-electron chi connectivity index (χ2n) is 16.4. The predicted molar refractivity (Wildman–Crippen MR) is 248 cm³/mol. The average Bonchev–Trinajstić information content (AvgIpc) is 3.73. The third-order valence-corrected chi connectivity index (χ3v) is 12.7. The zero-order chi connectivity index (χ0) is 40.0. The number of fused-ring (bicyclic) bond motifs is 11. The number of anilines is 3. The predicted octanol–water partition coefficient (Wildman–Crippen LogP) is 16.1. The van der Waals surface area contributed by atoms with Crippen LogP contribution >= 0.6 is 0 Å². The Morgan fingerprint density at radius 1 is 0.383 bits per heavy atom. The van der Waals surface area contributed by atoms with Gasteiger partial charge in [0.05, 0.1) is 0 Å². The summed E-state index contributed by atoms with van der Waals surface area (Å²) in [6, 6.07) is 71.7. The lowest BCUT2D eigenvalue weighted by molar-refractivity contribution is 0.488. The van der Waals surface area contributed by atoms with E-state index in [-0.39, 0.29) is 5.41 Å². The first kappa shape index (κ1) is 34.4. The zero-order valence-corrected chi connectivity index (χ0v) is 33.3. The van der Waals surface area contributed by atoms with Crippen molar-refractivity contribution in [1.29, 1.82) is 0 Å². The SMILES string of the molecule is CC1(C)c2ccccc2-c2ccc(N(c3ccc(-c4cccc5c4oc4ccccc45)cc3)c3ccc4c(c3)Oc3cccc(-c5ccccc5)c3-c3ccccc3-4)cc21. The molecule has 0 amide bonds. The van der Waals surface area contributed by atoms with Crippen LogP contribution in [0.5, 0.6) is 11.5 Å². The van der Waals surface area contributed by atoms with Crippen LogP contribution in [-0.4, -0.2) is 0 Å². The third-order valence-electron chi connectivity index (χ3n) is 12.7. The summed E-state index contributed by atoms with van der Waals surface area (Å²) in [4.78, 5) is 2.37. The summed E-state index contributed by atoms with van der Waals surface area (Å²) in [7, 11) is 0. The van der Waals surface area contributed by atoms with Gasteiger partial charge in [0.2, 0.25) is 0 Å². The molecule has 3 heteroatoms. The lowest BCUT2D eigenvalue weighted by Crippen LogP contribution is -2.16. The molecule has 0 spiro atoms. The first-order valence-corrected chi connectivity index (χ1v) is 20.7. The van der Waals surface area contributed by atoms with Crippen molar-refractivity contribution in [3.63, 3.8) is 0 Å². The third kappa shape index (κ3) is 5.22. The minimum Gasteiger partial charge on any atom is -0.456 e.